The standard InChI is InChI=1S/C15H19N3O2S2/c1-13(14-4-10-21-12-14)17-6-8-18(9-7-17)22(19,20)15-3-2-5-16-11-15/h2-5,10-13H,6-9H2,1H3/t13-/m0/s1. The van der Waals surface area contributed by atoms with E-state index in [1.165, 1.54) is 11.8 Å². The largest absolute Gasteiger partial charge is 0.294 e. The van der Waals surface area contributed by atoms with Gasteiger partial charge in [0.25, 0.3) is 0 Å². The molecule has 22 heavy (non-hydrogen) atoms. The molecule has 0 N–H and O–H groups in total. The average molecular weight is 337 g/mol. The molecule has 0 amide bonds. The first kappa shape index (κ1) is 15.6. The number of pyridine rings is 1. The molecule has 1 saturated heterocycles. The Bertz CT molecular complexity index is 694. The van der Waals surface area contributed by atoms with Crippen molar-refractivity contribution in [1.29, 1.82) is 0 Å². The number of aromatic nitrogens is 1. The normalized spacial score (nSPS) is 19.1. The minimum Gasteiger partial charge on any atom is -0.294 e. The monoisotopic (exact) mass is 337 g/mol. The van der Waals surface area contributed by atoms with Crippen molar-refractivity contribution in [2.24, 2.45) is 0 Å². The Morgan fingerprint density at radius 1 is 1.23 bits per heavy atom. The summed E-state index contributed by atoms with van der Waals surface area (Å²) in [4.78, 5) is 6.51. The molecule has 1 atom stereocenters. The Morgan fingerprint density at radius 2 is 2.00 bits per heavy atom. The van der Waals surface area contributed by atoms with E-state index in [0.717, 1.165) is 13.1 Å². The van der Waals surface area contributed by atoms with E-state index in [2.05, 4.69) is 33.6 Å². The number of sulfonamides is 1. The fourth-order valence-electron chi connectivity index (χ4n) is 2.70. The molecule has 118 valence electrons. The van der Waals surface area contributed by atoms with Gasteiger partial charge in [0.15, 0.2) is 0 Å². The second-order valence-corrected chi connectivity index (χ2v) is 8.08. The zero-order chi connectivity index (χ0) is 15.6. The highest BCUT2D eigenvalue weighted by atomic mass is 32.2. The predicted octanol–water partition coefficient (Wildman–Crippen LogP) is 2.21. The number of hydrogen-bond acceptors (Lipinski definition) is 5. The Labute approximate surface area is 135 Å². The predicted molar refractivity (Wildman–Crippen MR) is 87.3 cm³/mol. The van der Waals surface area contributed by atoms with Gasteiger partial charge in [-0.2, -0.15) is 15.6 Å². The molecule has 0 aromatic carbocycles. The third-order valence-electron chi connectivity index (χ3n) is 4.12. The SMILES string of the molecule is C[C@@H](c1ccsc1)N1CCN(S(=O)(=O)c2cccnc2)CC1. The van der Waals surface area contributed by atoms with Gasteiger partial charge in [-0.1, -0.05) is 0 Å². The molecule has 5 nitrogen and oxygen atoms in total. The summed E-state index contributed by atoms with van der Waals surface area (Å²) in [5.74, 6) is 0. The van der Waals surface area contributed by atoms with Crippen LogP contribution in [0.5, 0.6) is 0 Å². The van der Waals surface area contributed by atoms with E-state index in [1.807, 2.05) is 0 Å². The first-order valence-electron chi connectivity index (χ1n) is 7.25. The van der Waals surface area contributed by atoms with Gasteiger partial charge in [-0.3, -0.25) is 9.88 Å². The van der Waals surface area contributed by atoms with Crippen molar-refractivity contribution in [2.75, 3.05) is 26.2 Å². The lowest BCUT2D eigenvalue weighted by Crippen LogP contribution is -2.49. The molecular weight excluding hydrogens is 318 g/mol. The smallest absolute Gasteiger partial charge is 0.244 e. The Morgan fingerprint density at radius 3 is 2.59 bits per heavy atom. The molecule has 1 aliphatic rings. The van der Waals surface area contributed by atoms with E-state index >= 15 is 0 Å². The molecule has 3 heterocycles. The lowest BCUT2D eigenvalue weighted by molar-refractivity contribution is 0.146. The van der Waals surface area contributed by atoms with Crippen LogP contribution in [0, 0.1) is 0 Å². The van der Waals surface area contributed by atoms with E-state index in [0.29, 0.717) is 19.1 Å². The molecule has 7 heteroatoms. The topological polar surface area (TPSA) is 53.5 Å². The van der Waals surface area contributed by atoms with Gasteiger partial charge in [0.05, 0.1) is 0 Å². The van der Waals surface area contributed by atoms with E-state index in [1.54, 1.807) is 34.0 Å². The van der Waals surface area contributed by atoms with Crippen LogP contribution in [0.4, 0.5) is 0 Å². The quantitative estimate of drug-likeness (QED) is 0.858. The fraction of sp³-hybridized carbons (Fsp3) is 0.400. The molecule has 2 aromatic heterocycles. The summed E-state index contributed by atoms with van der Waals surface area (Å²) in [5, 5.41) is 4.23. The van der Waals surface area contributed by atoms with Gasteiger partial charge in [0.2, 0.25) is 10.0 Å². The van der Waals surface area contributed by atoms with Crippen molar-refractivity contribution in [2.45, 2.75) is 17.9 Å². The molecule has 0 bridgehead atoms. The number of nitrogens with zero attached hydrogens (tertiary/aromatic N) is 3. The van der Waals surface area contributed by atoms with Crippen molar-refractivity contribution in [3.05, 3.63) is 46.9 Å². The lowest BCUT2D eigenvalue weighted by Gasteiger charge is -2.37. The number of hydrogen-bond donors (Lipinski definition) is 0. The zero-order valence-corrected chi connectivity index (χ0v) is 14.1. The van der Waals surface area contributed by atoms with Crippen LogP contribution in [0.3, 0.4) is 0 Å². The van der Waals surface area contributed by atoms with Crippen LogP contribution < -0.4 is 0 Å². The molecule has 0 unspecified atom stereocenters. The highest BCUT2D eigenvalue weighted by Crippen LogP contribution is 2.25. The van der Waals surface area contributed by atoms with Gasteiger partial charge in [0, 0.05) is 44.6 Å². The van der Waals surface area contributed by atoms with Crippen LogP contribution >= 0.6 is 11.3 Å². The summed E-state index contributed by atoms with van der Waals surface area (Å²) in [5.41, 5.74) is 1.30. The highest BCUT2D eigenvalue weighted by Gasteiger charge is 2.30. The molecule has 0 radical (unpaired) electrons. The highest BCUT2D eigenvalue weighted by molar-refractivity contribution is 7.89. The van der Waals surface area contributed by atoms with Gasteiger partial charge in [-0.15, -0.1) is 0 Å². The minimum atomic E-state index is -3.42. The molecule has 0 aliphatic carbocycles. The van der Waals surface area contributed by atoms with Crippen LogP contribution in [0.1, 0.15) is 18.5 Å². The van der Waals surface area contributed by atoms with Crippen LogP contribution in [0.2, 0.25) is 0 Å². The third kappa shape index (κ3) is 3.08. The molecule has 3 rings (SSSR count). The van der Waals surface area contributed by atoms with Crippen LogP contribution in [-0.4, -0.2) is 48.8 Å². The van der Waals surface area contributed by atoms with Crippen molar-refractivity contribution in [3.63, 3.8) is 0 Å². The van der Waals surface area contributed by atoms with E-state index in [-0.39, 0.29) is 4.90 Å². The maximum atomic E-state index is 12.6. The van der Waals surface area contributed by atoms with Gasteiger partial charge < -0.3 is 0 Å². The van der Waals surface area contributed by atoms with Gasteiger partial charge >= 0.3 is 0 Å². The van der Waals surface area contributed by atoms with E-state index < -0.39 is 10.0 Å². The fourth-order valence-corrected chi connectivity index (χ4v) is 4.84. The van der Waals surface area contributed by atoms with Gasteiger partial charge in [0.1, 0.15) is 4.90 Å². The molecule has 0 spiro atoms. The maximum Gasteiger partial charge on any atom is 0.244 e. The van der Waals surface area contributed by atoms with Gasteiger partial charge in [-0.05, 0) is 41.4 Å². The van der Waals surface area contributed by atoms with E-state index in [9.17, 15) is 8.42 Å². The van der Waals surface area contributed by atoms with Crippen LogP contribution in [0.15, 0.2) is 46.2 Å². The lowest BCUT2D eigenvalue weighted by atomic mass is 10.1. The number of rotatable bonds is 4. The Kier molecular flexibility index (Phi) is 4.58. The van der Waals surface area contributed by atoms with Crippen molar-refractivity contribution < 1.29 is 8.42 Å². The molecule has 0 saturated carbocycles. The molecule has 1 aliphatic heterocycles. The first-order valence-corrected chi connectivity index (χ1v) is 9.63. The van der Waals surface area contributed by atoms with Crippen molar-refractivity contribution in [3.8, 4) is 0 Å². The molecule has 2 aromatic rings. The summed E-state index contributed by atoms with van der Waals surface area (Å²) >= 11 is 1.69. The zero-order valence-electron chi connectivity index (χ0n) is 12.4. The average Bonchev–Trinajstić information content (AvgIpc) is 3.09. The van der Waals surface area contributed by atoms with Gasteiger partial charge in [-0.25, -0.2) is 8.42 Å². The summed E-state index contributed by atoms with van der Waals surface area (Å²) in [6.45, 7) is 4.71. The number of thiophene rings is 1. The van der Waals surface area contributed by atoms with Crippen LogP contribution in [-0.2, 0) is 10.0 Å². The Balaban J connectivity index is 1.67. The summed E-state index contributed by atoms with van der Waals surface area (Å²) in [6.07, 6.45) is 3.00. The van der Waals surface area contributed by atoms with Crippen molar-refractivity contribution in [1.82, 2.24) is 14.2 Å². The summed E-state index contributed by atoms with van der Waals surface area (Å²) in [7, 11) is -3.42. The maximum absolute atomic E-state index is 12.6. The molecule has 1 fully saturated rings. The second kappa shape index (κ2) is 6.45. The van der Waals surface area contributed by atoms with Crippen molar-refractivity contribution >= 4 is 21.4 Å². The van der Waals surface area contributed by atoms with E-state index in [4.69, 9.17) is 0 Å². The second-order valence-electron chi connectivity index (χ2n) is 5.36. The summed E-state index contributed by atoms with van der Waals surface area (Å²) < 4.78 is 26.7. The summed E-state index contributed by atoms with van der Waals surface area (Å²) in [6, 6.07) is 5.72. The number of piperazine rings is 1. The Hall–Kier alpha value is -1.28. The molecular formula is C15H19N3O2S2. The van der Waals surface area contributed by atoms with Crippen LogP contribution in [0.25, 0.3) is 0 Å². The third-order valence-corrected chi connectivity index (χ3v) is 6.70. The first-order chi connectivity index (χ1) is 10.6. The minimum absolute atomic E-state index is 0.273.